The van der Waals surface area contributed by atoms with Gasteiger partial charge in [0.2, 0.25) is 17.9 Å². The summed E-state index contributed by atoms with van der Waals surface area (Å²) in [5.41, 5.74) is 18.3. The molecule has 0 saturated carbocycles. The number of amides is 5. The predicted octanol–water partition coefficient (Wildman–Crippen LogP) is 5.76. The van der Waals surface area contributed by atoms with Gasteiger partial charge in [0.1, 0.15) is 28.9 Å². The number of benzene rings is 4. The molecule has 0 aliphatic carbocycles. The van der Waals surface area contributed by atoms with Crippen LogP contribution in [0.5, 0.6) is 0 Å². The zero-order chi connectivity index (χ0) is 51.4. The van der Waals surface area contributed by atoms with Gasteiger partial charge in [-0.1, -0.05) is 60.7 Å². The number of hydrogen-bond donors (Lipinski definition) is 7. The number of urea groups is 1. The number of carbonyl (C=O) groups excluding carboxylic acids is 5. The summed E-state index contributed by atoms with van der Waals surface area (Å²) in [7, 11) is 1.38. The molecule has 378 valence electrons. The second-order valence-corrected chi connectivity index (χ2v) is 18.0. The van der Waals surface area contributed by atoms with Crippen LogP contribution < -0.4 is 38.5 Å². The second-order valence-electron chi connectivity index (χ2n) is 18.0. The molecule has 0 bridgehead atoms. The first-order valence-electron chi connectivity index (χ1n) is 22.8. The van der Waals surface area contributed by atoms with Crippen molar-refractivity contribution >= 4 is 41.4 Å². The average Bonchev–Trinajstić information content (AvgIpc) is 3.89. The van der Waals surface area contributed by atoms with E-state index in [1.807, 2.05) is 0 Å². The van der Waals surface area contributed by atoms with Gasteiger partial charge in [0.05, 0.1) is 29.5 Å². The molecule has 20 heteroatoms. The summed E-state index contributed by atoms with van der Waals surface area (Å²) >= 11 is 0. The van der Waals surface area contributed by atoms with Crippen molar-refractivity contribution in [2.45, 2.75) is 101 Å². The molecule has 0 aromatic heterocycles. The Morgan fingerprint density at radius 2 is 1.19 bits per heavy atom. The van der Waals surface area contributed by atoms with E-state index in [-0.39, 0.29) is 79.8 Å². The Morgan fingerprint density at radius 3 is 1.67 bits per heavy atom. The highest BCUT2D eigenvalue weighted by atomic mass is 19.1. The Morgan fingerprint density at radius 1 is 0.729 bits per heavy atom. The van der Waals surface area contributed by atoms with Gasteiger partial charge >= 0.3 is 12.1 Å². The molecule has 6 atom stereocenters. The van der Waals surface area contributed by atoms with Crippen LogP contribution in [0.4, 0.5) is 38.5 Å². The van der Waals surface area contributed by atoms with Gasteiger partial charge in [0.25, 0.3) is 0 Å². The first kappa shape index (κ1) is 55.6. The van der Waals surface area contributed by atoms with Crippen molar-refractivity contribution in [3.05, 3.63) is 131 Å². The van der Waals surface area contributed by atoms with E-state index >= 15 is 0 Å². The molecule has 5 amide bonds. The lowest BCUT2D eigenvalue weighted by Gasteiger charge is -2.28. The molecule has 0 radical (unpaired) electrons. The minimum atomic E-state index is -0.720. The first-order valence-corrected chi connectivity index (χ1v) is 22.8. The lowest BCUT2D eigenvalue weighted by molar-refractivity contribution is -0.133. The van der Waals surface area contributed by atoms with Crippen LogP contribution in [-0.4, -0.2) is 115 Å². The summed E-state index contributed by atoms with van der Waals surface area (Å²) in [6.45, 7) is 6.47. The molecule has 4 aromatic carbocycles. The number of anilines is 2. The predicted molar refractivity (Wildman–Crippen MR) is 259 cm³/mol. The summed E-state index contributed by atoms with van der Waals surface area (Å²) in [5.74, 6) is -1.97. The minimum absolute atomic E-state index is 0.0217. The van der Waals surface area contributed by atoms with Gasteiger partial charge in [-0.2, -0.15) is 0 Å². The van der Waals surface area contributed by atoms with Crippen molar-refractivity contribution in [2.24, 2.45) is 22.2 Å². The fourth-order valence-corrected chi connectivity index (χ4v) is 8.10. The zero-order valence-electron chi connectivity index (χ0n) is 39.8. The summed E-state index contributed by atoms with van der Waals surface area (Å²) in [6, 6.07) is 22.2. The van der Waals surface area contributed by atoms with Crippen molar-refractivity contribution in [1.29, 1.82) is 0 Å². The van der Waals surface area contributed by atoms with Crippen molar-refractivity contribution < 1.29 is 46.3 Å². The Hall–Kier alpha value is -7.02. The lowest BCUT2D eigenvalue weighted by Crippen LogP contribution is -2.46. The maximum Gasteiger partial charge on any atom is 0.407 e. The second kappa shape index (κ2) is 27.2. The molecule has 2 aliphatic rings. The maximum atomic E-state index is 14.3. The Bertz CT molecular complexity index is 2400. The van der Waals surface area contributed by atoms with E-state index in [9.17, 15) is 36.7 Å². The number of halogens is 4. The van der Waals surface area contributed by atoms with Gasteiger partial charge < -0.3 is 53.0 Å². The van der Waals surface area contributed by atoms with Gasteiger partial charge in [-0.3, -0.25) is 9.59 Å². The van der Waals surface area contributed by atoms with E-state index in [2.05, 4.69) is 26.3 Å². The number of alkyl carbamates (subject to hydrolysis) is 1. The highest BCUT2D eigenvalue weighted by molar-refractivity contribution is 5.79. The van der Waals surface area contributed by atoms with Crippen LogP contribution in [0.2, 0.25) is 0 Å². The van der Waals surface area contributed by atoms with Gasteiger partial charge in [0, 0.05) is 64.2 Å². The zero-order valence-corrected chi connectivity index (χ0v) is 39.8. The Kier molecular flexibility index (Phi) is 21.6. The molecule has 2 heterocycles. The normalized spacial score (nSPS) is 18.1. The van der Waals surface area contributed by atoms with E-state index in [0.717, 1.165) is 0 Å². The van der Waals surface area contributed by atoms with Gasteiger partial charge in [-0.25, -0.2) is 36.9 Å². The number of nitrogens with one attached hydrogen (secondary N) is 4. The van der Waals surface area contributed by atoms with Crippen molar-refractivity contribution in [2.75, 3.05) is 43.9 Å². The topological polar surface area (TPSA) is 240 Å². The van der Waals surface area contributed by atoms with Crippen molar-refractivity contribution in [3.8, 4) is 0 Å². The van der Waals surface area contributed by atoms with Crippen LogP contribution >= 0.6 is 0 Å². The van der Waals surface area contributed by atoms with Crippen LogP contribution in [0.15, 0.2) is 102 Å². The summed E-state index contributed by atoms with van der Waals surface area (Å²) in [6.07, 6.45) is 1.97. The molecular weight excluding hydrogens is 913 g/mol. The number of isocyanates is 1. The van der Waals surface area contributed by atoms with Crippen molar-refractivity contribution in [1.82, 2.24) is 20.4 Å². The van der Waals surface area contributed by atoms with E-state index < -0.39 is 41.4 Å². The number of ether oxygens (including phenoxy) is 1. The van der Waals surface area contributed by atoms with E-state index in [4.69, 9.17) is 26.7 Å². The fourth-order valence-electron chi connectivity index (χ4n) is 8.10. The smallest absolute Gasteiger partial charge is 0.407 e. The molecule has 2 saturated heterocycles. The average molecular weight is 977 g/mol. The number of primary amides is 1. The number of para-hydroxylation sites is 2. The number of carbonyl (C=O) groups is 4. The van der Waals surface area contributed by atoms with E-state index in [0.29, 0.717) is 55.0 Å². The van der Waals surface area contributed by atoms with Gasteiger partial charge in [-0.05, 0) is 94.0 Å². The molecule has 4 aromatic rings. The molecule has 16 nitrogen and oxygen atoms in total. The van der Waals surface area contributed by atoms with Gasteiger partial charge in [0.15, 0.2) is 0 Å². The first-order chi connectivity index (χ1) is 33.3. The number of likely N-dealkylation sites (tertiary alicyclic amines) is 2. The summed E-state index contributed by atoms with van der Waals surface area (Å²) in [5, 5.41) is 11.4. The van der Waals surface area contributed by atoms with Crippen LogP contribution in [0.3, 0.4) is 0 Å². The largest absolute Gasteiger partial charge is 0.444 e. The molecule has 10 N–H and O–H groups in total. The van der Waals surface area contributed by atoms with Crippen LogP contribution in [-0.2, 0) is 32.0 Å². The number of nitrogens with two attached hydrogens (primary N) is 3. The van der Waals surface area contributed by atoms with Gasteiger partial charge in [-0.15, -0.1) is 0 Å². The maximum absolute atomic E-state index is 14.3. The summed E-state index contributed by atoms with van der Waals surface area (Å²) < 4.78 is 61.4. The number of rotatable bonds is 16. The molecule has 70 heavy (non-hydrogen) atoms. The fraction of sp³-hybridized carbons (Fsp3) is 0.420. The van der Waals surface area contributed by atoms with Crippen LogP contribution in [0.25, 0.3) is 0 Å². The molecule has 2 aliphatic heterocycles. The quantitative estimate of drug-likeness (QED) is 0.0407. The standard InChI is InChI=1S/C26H34F2N4O3.C22H27F2N5O2.C2H3NO/c1-26(2,3)35-25(34)31-19(12-17-8-4-5-9-21(17)27)14-24(33)32-16-18(29)13-20(32)15-30-23-11-7-6-10-22(23)28;23-18-6-2-1-5-14(18)9-15(25)10-21(30)29-13-16(28-22(26)31)11-17(29)12-27-20-8-4-3-7-19(20)24;1-3-2-4/h4-11,18-20,30H,12-16,29H2,1-3H3,(H,31,34);1-8,15-17,27H,9-13,25H2,(H3,26,28,31);1H3/t18-,19+,20-;15-,16+,17+;/m01./s1. The molecular formula is C50H64F4N10O6. The van der Waals surface area contributed by atoms with E-state index in [1.165, 1.54) is 37.4 Å². The third-order valence-electron chi connectivity index (χ3n) is 11.2. The number of aliphatic imine (C=N–C) groups is 1. The Labute approximate surface area is 405 Å². The third-order valence-corrected chi connectivity index (χ3v) is 11.2. The highest BCUT2D eigenvalue weighted by Crippen LogP contribution is 2.24. The van der Waals surface area contributed by atoms with E-state index in [1.54, 1.807) is 103 Å². The number of hydrogen-bond acceptors (Lipinski definition) is 11. The van der Waals surface area contributed by atoms with Crippen LogP contribution in [0.1, 0.15) is 57.6 Å². The van der Waals surface area contributed by atoms with Crippen LogP contribution in [0, 0.1) is 23.3 Å². The highest BCUT2D eigenvalue weighted by Gasteiger charge is 2.37. The SMILES string of the molecule is CC(C)(C)OC(=O)N[C@@H](CC(=O)N1C[C@@H](N)C[C@H]1CNc1ccccc1F)Cc1ccccc1F.CN=C=O.NC(=O)N[C@H]1C[C@@H](CNc2ccccc2F)N(C(=O)C[C@H](N)Cc2ccccc2F)C1. The molecule has 6 rings (SSSR count). The minimum Gasteiger partial charge on any atom is -0.444 e. The summed E-state index contributed by atoms with van der Waals surface area (Å²) in [4.78, 5) is 65.1. The third kappa shape index (κ3) is 18.5. The molecule has 0 unspecified atom stereocenters. The number of nitrogens with zero attached hydrogens (tertiary/aromatic N) is 3. The monoisotopic (exact) mass is 976 g/mol. The Balaban J connectivity index is 0.000000285. The molecule has 0 spiro atoms. The van der Waals surface area contributed by atoms with Crippen molar-refractivity contribution in [3.63, 3.8) is 0 Å². The molecule has 2 fully saturated rings. The lowest BCUT2D eigenvalue weighted by atomic mass is 10.0.